The van der Waals surface area contributed by atoms with Crippen LogP contribution < -0.4 is 0 Å². The van der Waals surface area contributed by atoms with Crippen LogP contribution in [0.3, 0.4) is 0 Å². The average Bonchev–Trinajstić information content (AvgIpc) is 1.62. The topological polar surface area (TPSA) is 52.6 Å². The van der Waals surface area contributed by atoms with Gasteiger partial charge in [-0.15, -0.1) is 0 Å². The van der Waals surface area contributed by atoms with Crippen molar-refractivity contribution in [3.05, 3.63) is 374 Å². The maximum absolute atomic E-state index is 7.39. The normalized spacial score (nSPS) is 13.6. The van der Waals surface area contributed by atoms with Gasteiger partial charge in [-0.25, -0.2) is 0 Å². The molecule has 20 aromatic carbocycles. The number of hydrogen-bond donors (Lipinski definition) is 0. The third-order valence-electron chi connectivity index (χ3n) is 27.0. The lowest BCUT2D eigenvalue weighted by atomic mass is 9.80. The molecule has 0 bridgehead atoms. The number of para-hydroxylation sites is 1. The third kappa shape index (κ3) is 9.09. The molecule has 0 fully saturated rings. The Bertz CT molecular complexity index is 8490. The first-order chi connectivity index (χ1) is 58.0. The van der Waals surface area contributed by atoms with Crippen LogP contribution in [-0.2, 0) is 10.8 Å². The predicted octanol–water partition coefficient (Wildman–Crippen LogP) is 32.5. The smallest absolute Gasteiger partial charge is 0.144 e. The Balaban J connectivity index is 0.558. The number of rotatable bonds is 7. The van der Waals surface area contributed by atoms with Crippen molar-refractivity contribution in [3.63, 3.8) is 0 Å². The third-order valence-corrected chi connectivity index (χ3v) is 27.0. The highest BCUT2D eigenvalue weighted by molar-refractivity contribution is 6.31. The minimum absolute atomic E-state index is 0.228. The van der Waals surface area contributed by atoms with Crippen LogP contribution in [0.25, 0.3) is 253 Å². The highest BCUT2D eigenvalue weighted by Crippen LogP contribution is 2.57. The second-order valence-corrected chi connectivity index (χ2v) is 33.9. The van der Waals surface area contributed by atoms with E-state index in [2.05, 4.69) is 380 Å². The fourth-order valence-electron chi connectivity index (χ4n) is 21.5. The molecule has 118 heavy (non-hydrogen) atoms. The van der Waals surface area contributed by atoms with Gasteiger partial charge in [0.25, 0.3) is 0 Å². The summed E-state index contributed by atoms with van der Waals surface area (Å²) < 4.78 is 28.4. The van der Waals surface area contributed by atoms with Gasteiger partial charge < -0.3 is 17.7 Å². The van der Waals surface area contributed by atoms with Crippen molar-refractivity contribution in [1.29, 1.82) is 0 Å². The van der Waals surface area contributed by atoms with Crippen LogP contribution in [0, 0.1) is 0 Å². The molecular weight excluding hydrogens is 1430 g/mol. The largest absolute Gasteiger partial charge is 0.456 e. The van der Waals surface area contributed by atoms with Gasteiger partial charge in [-0.3, -0.25) is 0 Å². The fourth-order valence-corrected chi connectivity index (χ4v) is 21.5. The molecule has 0 radical (unpaired) electrons. The van der Waals surface area contributed by atoms with Crippen LogP contribution in [-0.4, -0.2) is 0 Å². The van der Waals surface area contributed by atoms with E-state index in [0.29, 0.717) is 0 Å². The molecule has 0 amide bonds. The molecule has 2 aliphatic rings. The molecule has 0 N–H and O–H groups in total. The quantitative estimate of drug-likeness (QED) is 0.149. The van der Waals surface area contributed by atoms with Gasteiger partial charge in [-0.05, 0) is 262 Å². The van der Waals surface area contributed by atoms with Crippen molar-refractivity contribution >= 4 is 152 Å². The second kappa shape index (κ2) is 23.9. The lowest BCUT2D eigenvalue weighted by molar-refractivity contribution is 0.660. The molecule has 4 nitrogen and oxygen atoms in total. The Hall–Kier alpha value is -14.8. The minimum atomic E-state index is -0.339. The van der Waals surface area contributed by atoms with Crippen molar-refractivity contribution in [3.8, 4) is 100 Å². The molecule has 26 rings (SSSR count). The molecule has 0 unspecified atom stereocenters. The first kappa shape index (κ1) is 65.5. The summed E-state index contributed by atoms with van der Waals surface area (Å²) in [5.74, 6) is 0. The zero-order valence-electron chi connectivity index (χ0n) is 65.1. The summed E-state index contributed by atoms with van der Waals surface area (Å²) in [6.07, 6.45) is 0. The van der Waals surface area contributed by atoms with E-state index < -0.39 is 0 Å². The number of fused-ring (bicyclic) bond motifs is 28. The first-order valence-electron chi connectivity index (χ1n) is 41.1. The van der Waals surface area contributed by atoms with E-state index in [1.165, 1.54) is 132 Å². The van der Waals surface area contributed by atoms with Crippen LogP contribution in [0.5, 0.6) is 0 Å². The van der Waals surface area contributed by atoms with E-state index in [4.69, 9.17) is 17.7 Å². The van der Waals surface area contributed by atoms with Gasteiger partial charge in [0.2, 0.25) is 0 Å². The van der Waals surface area contributed by atoms with Gasteiger partial charge in [0.1, 0.15) is 44.7 Å². The van der Waals surface area contributed by atoms with Crippen molar-refractivity contribution < 1.29 is 17.7 Å². The Kier molecular flexibility index (Phi) is 13.3. The van der Waals surface area contributed by atoms with Gasteiger partial charge in [-0.2, -0.15) is 0 Å². The van der Waals surface area contributed by atoms with Crippen LogP contribution >= 0.6 is 0 Å². The monoisotopic (exact) mass is 1500 g/mol. The molecule has 24 aromatic rings. The number of benzene rings is 20. The zero-order valence-corrected chi connectivity index (χ0v) is 65.1. The summed E-state index contributed by atoms with van der Waals surface area (Å²) in [7, 11) is 0. The van der Waals surface area contributed by atoms with Crippen LogP contribution in [0.15, 0.2) is 370 Å². The number of hydrogen-bond acceptors (Lipinski definition) is 4. The SMILES string of the molecule is CC1(C)c2ccc(-c3c4ccccc4c(-c4ccccc4)c4ccccc34)cc2-c2ccc(-c3ccc4c(c3)oc3ccc5ccc6c7ccc(-c8ccc9c(c8)oc8c(-c%10ccc%11c(c%10)C(C)(C)c%10cc(-c%12c%13ccccc%13c(-c%13ccccc%13)c%13ccccc%12%13)ccc%10-%11)cc%10c(ccc%11c%12ccccc%12oc%11%10)c89)cc7oc6c5c34)cc21. The van der Waals surface area contributed by atoms with Crippen molar-refractivity contribution in [2.24, 2.45) is 0 Å². The van der Waals surface area contributed by atoms with Crippen molar-refractivity contribution in [1.82, 2.24) is 0 Å². The Morgan fingerprint density at radius 2 is 0.542 bits per heavy atom. The average molecular weight is 1500 g/mol. The molecule has 2 aliphatic carbocycles. The lowest BCUT2D eigenvalue weighted by Gasteiger charge is -2.23. The highest BCUT2D eigenvalue weighted by atomic mass is 16.3. The van der Waals surface area contributed by atoms with E-state index in [9.17, 15) is 0 Å². The second-order valence-electron chi connectivity index (χ2n) is 33.9. The van der Waals surface area contributed by atoms with Gasteiger partial charge in [0.05, 0.1) is 0 Å². The van der Waals surface area contributed by atoms with Gasteiger partial charge in [0.15, 0.2) is 0 Å². The molecule has 4 heterocycles. The van der Waals surface area contributed by atoms with E-state index in [1.807, 2.05) is 0 Å². The molecule has 4 heteroatoms. The Morgan fingerprint density at radius 1 is 0.169 bits per heavy atom. The maximum Gasteiger partial charge on any atom is 0.144 e. The molecule has 0 saturated heterocycles. The van der Waals surface area contributed by atoms with Gasteiger partial charge >= 0.3 is 0 Å². The van der Waals surface area contributed by atoms with Gasteiger partial charge in [0, 0.05) is 70.3 Å². The maximum atomic E-state index is 7.39. The van der Waals surface area contributed by atoms with Crippen LogP contribution in [0.2, 0.25) is 0 Å². The minimum Gasteiger partial charge on any atom is -0.456 e. The van der Waals surface area contributed by atoms with E-state index in [-0.39, 0.29) is 10.8 Å². The summed E-state index contributed by atoms with van der Waals surface area (Å²) in [4.78, 5) is 0. The van der Waals surface area contributed by atoms with Crippen LogP contribution in [0.1, 0.15) is 49.9 Å². The summed E-state index contributed by atoms with van der Waals surface area (Å²) in [6, 6.07) is 130. The van der Waals surface area contributed by atoms with Crippen molar-refractivity contribution in [2.45, 2.75) is 38.5 Å². The first-order valence-corrected chi connectivity index (χ1v) is 41.1. The van der Waals surface area contributed by atoms with Crippen molar-refractivity contribution in [2.75, 3.05) is 0 Å². The van der Waals surface area contributed by atoms with E-state index in [0.717, 1.165) is 143 Å². The summed E-state index contributed by atoms with van der Waals surface area (Å²) in [5, 5.41) is 22.8. The molecule has 0 aliphatic heterocycles. The summed E-state index contributed by atoms with van der Waals surface area (Å²) >= 11 is 0. The summed E-state index contributed by atoms with van der Waals surface area (Å²) in [6.45, 7) is 9.55. The van der Waals surface area contributed by atoms with E-state index >= 15 is 0 Å². The van der Waals surface area contributed by atoms with E-state index in [1.54, 1.807) is 0 Å². The molecule has 4 aromatic heterocycles. The number of furan rings is 4. The fraction of sp³-hybridized carbons (Fsp3) is 0.0526. The van der Waals surface area contributed by atoms with Crippen LogP contribution in [0.4, 0.5) is 0 Å². The Labute approximate surface area is 678 Å². The molecule has 550 valence electrons. The summed E-state index contributed by atoms with van der Waals surface area (Å²) in [5.41, 5.74) is 32.9. The molecule has 0 atom stereocenters. The molecular formula is C114H70O4. The Morgan fingerprint density at radius 3 is 1.14 bits per heavy atom. The molecule has 0 saturated carbocycles. The highest BCUT2D eigenvalue weighted by Gasteiger charge is 2.39. The predicted molar refractivity (Wildman–Crippen MR) is 494 cm³/mol. The lowest BCUT2D eigenvalue weighted by Crippen LogP contribution is -2.15. The molecule has 0 spiro atoms. The van der Waals surface area contributed by atoms with Gasteiger partial charge in [-0.1, -0.05) is 289 Å². The standard InChI is InChI=1S/C114H70O4/c1-113(2)94-53-42-71(105-82-30-15-11-26-78(82)103(63-21-7-5-8-22-63)79-27-12-16-31-83(79)105)55-92(94)75-44-36-66(56-95(75)113)67-39-50-90-101(60-67)115-99-54-43-65-35-48-88-77-47-37-68(59-100(77)117-111(88)107(65)109(90)99)69-38-49-89-102(61-69)118-112-91(62-93-86(108(89)112)51-52-87-76-25-19-20-34-98(76)116-110(87)93)70-40-45-73-74-46-41-72(58-97(74)114(3,4)96(73)57-70)106-84-32-17-13-28-80(84)104(64-23-9-6-10-24-64)81-29-14-18-33-85(81)106/h5-62H,1-4H3. The zero-order chi connectivity index (χ0) is 77.7.